The third-order valence-electron chi connectivity index (χ3n) is 15.7. The highest BCUT2D eigenvalue weighted by atomic mass is 16.5. The van der Waals surface area contributed by atoms with E-state index in [1.54, 1.807) is 36.4 Å². The van der Waals surface area contributed by atoms with Gasteiger partial charge in [0.15, 0.2) is 23.8 Å². The molecular formula is C65H102N22O12. The predicted octanol–water partition coefficient (Wildman–Crippen LogP) is -3.04. The Bertz CT molecular complexity index is 3180. The Balaban J connectivity index is 1.83. The van der Waals surface area contributed by atoms with Crippen molar-refractivity contribution in [2.75, 3.05) is 59.2 Å². The van der Waals surface area contributed by atoms with Crippen LogP contribution < -0.4 is 97.8 Å². The van der Waals surface area contributed by atoms with Crippen molar-refractivity contribution in [3.05, 3.63) is 83.9 Å². The molecule has 544 valence electrons. The van der Waals surface area contributed by atoms with Crippen molar-refractivity contribution < 1.29 is 57.4 Å². The van der Waals surface area contributed by atoms with Crippen LogP contribution in [0.5, 0.6) is 0 Å². The number of amides is 10. The number of rotatable bonds is 38. The number of fused-ring (bicyclic) bond motifs is 1. The van der Waals surface area contributed by atoms with Gasteiger partial charge in [0, 0.05) is 58.6 Å². The Labute approximate surface area is 575 Å². The fraction of sp³-hybridized carbons (Fsp3) is 0.538. The van der Waals surface area contributed by atoms with Gasteiger partial charge in [-0.2, -0.15) is 0 Å². The number of nitrogens with two attached hydrogens (primary N) is 5. The van der Waals surface area contributed by atoms with E-state index in [1.165, 1.54) is 0 Å². The Morgan fingerprint density at radius 3 is 1.29 bits per heavy atom. The van der Waals surface area contributed by atoms with Gasteiger partial charge in [-0.15, -0.1) is 0 Å². The molecule has 1 aliphatic rings. The van der Waals surface area contributed by atoms with E-state index in [2.05, 4.69) is 69.1 Å². The van der Waals surface area contributed by atoms with E-state index < -0.39 is 120 Å². The van der Waals surface area contributed by atoms with E-state index in [9.17, 15) is 33.6 Å². The van der Waals surface area contributed by atoms with Crippen molar-refractivity contribution in [2.45, 2.75) is 164 Å². The average molecular weight is 1380 g/mol. The lowest BCUT2D eigenvalue weighted by atomic mass is 9.99. The molecule has 3 aromatic carbocycles. The topological polar surface area (TPSA) is 571 Å². The average Bonchev–Trinajstić information content (AvgIpc) is 1.13. The fourth-order valence-electron chi connectivity index (χ4n) is 10.5. The van der Waals surface area contributed by atoms with Gasteiger partial charge in [-0.3, -0.25) is 69.6 Å². The van der Waals surface area contributed by atoms with Gasteiger partial charge < -0.3 is 107 Å². The second-order valence-corrected chi connectivity index (χ2v) is 23.9. The Morgan fingerprint density at radius 2 is 0.818 bits per heavy atom. The van der Waals surface area contributed by atoms with Crippen molar-refractivity contribution in [3.63, 3.8) is 0 Å². The van der Waals surface area contributed by atoms with Crippen molar-refractivity contribution in [3.8, 4) is 0 Å². The summed E-state index contributed by atoms with van der Waals surface area (Å²) in [6, 6.07) is 10.0. The third-order valence-corrected chi connectivity index (χ3v) is 15.7. The molecule has 4 rings (SSSR count). The summed E-state index contributed by atoms with van der Waals surface area (Å²) in [6.07, 6.45) is 0.845. The van der Waals surface area contributed by atoms with Crippen LogP contribution in [0.3, 0.4) is 0 Å². The van der Waals surface area contributed by atoms with Crippen LogP contribution in [0.4, 0.5) is 0 Å². The highest BCUT2D eigenvalue weighted by Crippen LogP contribution is 2.18. The first-order valence-corrected chi connectivity index (χ1v) is 33.4. The van der Waals surface area contributed by atoms with Crippen molar-refractivity contribution in [2.24, 2.45) is 28.7 Å². The summed E-state index contributed by atoms with van der Waals surface area (Å²) < 4.78 is 10.7. The Hall–Kier alpha value is -10.4. The van der Waals surface area contributed by atoms with Crippen LogP contribution >= 0.6 is 0 Å². The summed E-state index contributed by atoms with van der Waals surface area (Å²) in [5, 5.41) is 67.8. The minimum Gasteiger partial charge on any atom is -0.379 e. The predicted molar refractivity (Wildman–Crippen MR) is 372 cm³/mol. The molecular weight excluding hydrogens is 1280 g/mol. The fourth-order valence-corrected chi connectivity index (χ4v) is 10.5. The SMILES string of the molecule is CCCOCCOCC(=O)N[C@@H](CCCCNC(=O)CC[C@@H]1NC(=O)[C@@H](CCCNC(=N)N)NC(=O)[C@H](CCCCNC(=N)N)NC(=O)[C@@H](CCCNC(=N)N)NC(=O)[C@H](CCCNC(=N)N)NC(=O)[C@H](Cc2ccc3ccccc3c2)NC(=O)[C@@H](Cc2ccccc2)NC1=O)C(N)=O. The number of unbranched alkanes of at least 4 members (excludes halogenated alkanes) is 2. The summed E-state index contributed by atoms with van der Waals surface area (Å²) >= 11 is 0. The van der Waals surface area contributed by atoms with E-state index in [4.69, 9.17) is 59.8 Å². The normalized spacial score (nSPS) is 19.1. The Kier molecular flexibility index (Phi) is 37.0. The first-order chi connectivity index (χ1) is 47.4. The number of primary amides is 1. The van der Waals surface area contributed by atoms with Crippen LogP contribution in [0.25, 0.3) is 10.8 Å². The minimum atomic E-state index is -1.62. The maximum absolute atomic E-state index is 15.2. The maximum atomic E-state index is 15.2. The first kappa shape index (κ1) is 81.1. The molecule has 0 bridgehead atoms. The number of carbonyl (C=O) groups excluding carboxylic acids is 10. The second-order valence-electron chi connectivity index (χ2n) is 23.9. The van der Waals surface area contributed by atoms with Gasteiger partial charge >= 0.3 is 0 Å². The van der Waals surface area contributed by atoms with Gasteiger partial charge in [0.1, 0.15) is 54.9 Å². The molecule has 34 nitrogen and oxygen atoms in total. The quantitative estimate of drug-likeness (QED) is 0.0154. The molecule has 1 fully saturated rings. The number of hydrogen-bond acceptors (Lipinski definition) is 16. The number of carbonyl (C=O) groups is 10. The number of benzene rings is 3. The standard InChI is InChI=1S/C65H102N22O12/c1-2-33-98-34-35-99-39-53(89)80-44(54(66)90)19-8-10-28-75-52(88)27-26-49-59(95)86-50(37-40-15-4-3-5-16-40)61(97)87-51(38-41-24-25-42-17-6-7-18-43(42)36-41)60(96)84-48(23-14-32-79-65(73)74)57(93)83-46(21-12-30-77-63(69)70)56(92)81-45(20-9-11-29-76-62(67)68)55(91)82-47(58(94)85-49)22-13-31-78-64(71)72/h3-7,15-18,24-25,36,44-51H,2,8-14,19-23,26-35,37-39H2,1H3,(H2,66,90)(H,75,88)(H,80,89)(H,81,92)(H,82,91)(H,83,93)(H,84,96)(H,85,94)(H,86,95)(H,87,97)(H4,67,68,76)(H4,69,70,77)(H4,71,72,78)(H4,73,74,79)/t44-,45-,46+,47+,48-,49-,50+,51-/m0/s1. The van der Waals surface area contributed by atoms with Crippen molar-refractivity contribution in [1.82, 2.24) is 69.1 Å². The zero-order valence-corrected chi connectivity index (χ0v) is 56.2. The molecule has 1 saturated heterocycles. The molecule has 0 unspecified atom stereocenters. The van der Waals surface area contributed by atoms with E-state index in [-0.39, 0.29) is 140 Å². The van der Waals surface area contributed by atoms with Crippen molar-refractivity contribution >= 4 is 93.7 Å². The molecule has 0 spiro atoms. The van der Waals surface area contributed by atoms with Gasteiger partial charge in [-0.25, -0.2) is 0 Å². The second kappa shape index (κ2) is 45.2. The van der Waals surface area contributed by atoms with Crippen LogP contribution in [0, 0.1) is 21.6 Å². The number of hydrogen-bond donors (Lipinski definition) is 22. The van der Waals surface area contributed by atoms with Crippen LogP contribution in [-0.2, 0) is 70.3 Å². The number of guanidine groups is 4. The van der Waals surface area contributed by atoms with Gasteiger partial charge in [-0.1, -0.05) is 79.7 Å². The van der Waals surface area contributed by atoms with E-state index >= 15 is 14.4 Å². The molecule has 1 heterocycles. The monoisotopic (exact) mass is 1380 g/mol. The summed E-state index contributed by atoms with van der Waals surface area (Å²) in [6.45, 7) is 3.08. The Morgan fingerprint density at radius 1 is 0.424 bits per heavy atom. The van der Waals surface area contributed by atoms with Crippen LogP contribution in [0.1, 0.15) is 114 Å². The molecule has 3 aromatic rings. The molecule has 8 atom stereocenters. The summed E-state index contributed by atoms with van der Waals surface area (Å²) in [7, 11) is 0. The summed E-state index contributed by atoms with van der Waals surface area (Å²) in [4.78, 5) is 143. The summed E-state index contributed by atoms with van der Waals surface area (Å²) in [5.74, 6) is -9.61. The molecule has 99 heavy (non-hydrogen) atoms. The molecule has 27 N–H and O–H groups in total. The van der Waals surface area contributed by atoms with Gasteiger partial charge in [0.25, 0.3) is 0 Å². The molecule has 34 heteroatoms. The van der Waals surface area contributed by atoms with Crippen LogP contribution in [-0.4, -0.2) is 190 Å². The number of ether oxygens (including phenoxy) is 2. The lowest BCUT2D eigenvalue weighted by molar-refractivity contribution is -0.135. The van der Waals surface area contributed by atoms with Crippen LogP contribution in [0.15, 0.2) is 72.8 Å². The molecule has 1 aliphatic heterocycles. The molecule has 10 amide bonds. The van der Waals surface area contributed by atoms with Gasteiger partial charge in [-0.05, 0) is 112 Å². The zero-order valence-electron chi connectivity index (χ0n) is 56.2. The largest absolute Gasteiger partial charge is 0.379 e. The molecule has 0 radical (unpaired) electrons. The highest BCUT2D eigenvalue weighted by molar-refractivity contribution is 5.99. The third kappa shape index (κ3) is 33.0. The molecule has 0 saturated carbocycles. The van der Waals surface area contributed by atoms with E-state index in [0.717, 1.165) is 17.2 Å². The van der Waals surface area contributed by atoms with Gasteiger partial charge in [0.05, 0.1) is 13.2 Å². The summed E-state index contributed by atoms with van der Waals surface area (Å²) in [5.41, 5.74) is 29.0. The first-order valence-electron chi connectivity index (χ1n) is 33.4. The lowest BCUT2D eigenvalue weighted by Gasteiger charge is -2.28. The minimum absolute atomic E-state index is 0.0359. The smallest absolute Gasteiger partial charge is 0.246 e. The maximum Gasteiger partial charge on any atom is 0.246 e. The number of nitrogens with one attached hydrogen (secondary N) is 17. The lowest BCUT2D eigenvalue weighted by Crippen LogP contribution is -2.60. The highest BCUT2D eigenvalue weighted by Gasteiger charge is 2.36. The van der Waals surface area contributed by atoms with Gasteiger partial charge in [0.2, 0.25) is 59.1 Å². The molecule has 0 aliphatic carbocycles. The zero-order chi connectivity index (χ0) is 72.5. The van der Waals surface area contributed by atoms with E-state index in [1.807, 2.05) is 43.3 Å². The molecule has 0 aromatic heterocycles. The van der Waals surface area contributed by atoms with Crippen LogP contribution in [0.2, 0.25) is 0 Å². The van der Waals surface area contributed by atoms with Crippen molar-refractivity contribution in [1.29, 1.82) is 21.6 Å². The van der Waals surface area contributed by atoms with E-state index in [0.29, 0.717) is 43.6 Å².